The molecule has 1 aromatic heterocycles. The van der Waals surface area contributed by atoms with E-state index in [1.807, 2.05) is 0 Å². The van der Waals surface area contributed by atoms with E-state index in [9.17, 15) is 14.7 Å². The van der Waals surface area contributed by atoms with Crippen LogP contribution in [0.25, 0.3) is 5.69 Å². The van der Waals surface area contributed by atoms with Crippen LogP contribution in [0, 0.1) is 11.8 Å². The first-order valence-corrected chi connectivity index (χ1v) is 8.03. The number of anilines is 1. The maximum absolute atomic E-state index is 12.0. The van der Waals surface area contributed by atoms with Crippen molar-refractivity contribution in [2.75, 3.05) is 26.0 Å². The number of benzene rings is 1. The van der Waals surface area contributed by atoms with Crippen molar-refractivity contribution in [1.29, 1.82) is 0 Å². The van der Waals surface area contributed by atoms with Gasteiger partial charge >= 0.3 is 0 Å². The number of aromatic nitrogens is 2. The summed E-state index contributed by atoms with van der Waals surface area (Å²) in [4.78, 5) is 24.9. The second-order valence-electron chi connectivity index (χ2n) is 6.09. The first-order chi connectivity index (χ1) is 12.3. The van der Waals surface area contributed by atoms with E-state index >= 15 is 0 Å². The number of nitrogens with two attached hydrogens (primary N) is 1. The van der Waals surface area contributed by atoms with Crippen LogP contribution in [0.2, 0.25) is 0 Å². The number of nitrogens with one attached hydrogen (secondary N) is 1. The average Bonchev–Trinajstić information content (AvgIpc) is 3.18. The number of carbonyl (C=O) groups excluding carboxylic acids is 2. The number of primary amides is 1. The van der Waals surface area contributed by atoms with Crippen molar-refractivity contribution in [2.45, 2.75) is 12.0 Å². The minimum absolute atomic E-state index is 0.137. The van der Waals surface area contributed by atoms with E-state index in [1.54, 1.807) is 44.6 Å². The third kappa shape index (κ3) is 3.12. The van der Waals surface area contributed by atoms with E-state index in [-0.39, 0.29) is 12.1 Å². The maximum atomic E-state index is 12.0. The first kappa shape index (κ1) is 17.5. The predicted molar refractivity (Wildman–Crippen MR) is 95.7 cm³/mol. The van der Waals surface area contributed by atoms with E-state index in [0.717, 1.165) is 0 Å². The molecule has 1 aliphatic heterocycles. The summed E-state index contributed by atoms with van der Waals surface area (Å²) < 4.78 is 1.51. The van der Waals surface area contributed by atoms with Gasteiger partial charge in [0, 0.05) is 32.6 Å². The molecule has 3 rings (SSSR count). The largest absolute Gasteiger partial charge is 0.385 e. The first-order valence-electron chi connectivity index (χ1n) is 8.03. The van der Waals surface area contributed by atoms with Crippen molar-refractivity contribution in [3.63, 3.8) is 0 Å². The highest BCUT2D eigenvalue weighted by atomic mass is 16.3. The topological polar surface area (TPSA) is 113 Å². The Bertz CT molecular complexity index is 940. The quantitative estimate of drug-likeness (QED) is 0.670. The lowest BCUT2D eigenvalue weighted by molar-refractivity contribution is -0.137. The Balaban J connectivity index is 1.92. The summed E-state index contributed by atoms with van der Waals surface area (Å²) in [5.41, 5.74) is 5.62. The molecule has 0 spiro atoms. The Labute approximate surface area is 150 Å². The van der Waals surface area contributed by atoms with E-state index < -0.39 is 17.4 Å². The van der Waals surface area contributed by atoms with Crippen molar-refractivity contribution in [3.05, 3.63) is 41.7 Å². The molecule has 1 atom stereocenters. The minimum Gasteiger partial charge on any atom is -0.385 e. The van der Waals surface area contributed by atoms with Gasteiger partial charge in [-0.1, -0.05) is 17.9 Å². The molecule has 1 unspecified atom stereocenters. The van der Waals surface area contributed by atoms with Crippen LogP contribution in [0.4, 0.5) is 5.69 Å². The molecule has 26 heavy (non-hydrogen) atoms. The van der Waals surface area contributed by atoms with Gasteiger partial charge in [-0.3, -0.25) is 9.59 Å². The minimum atomic E-state index is -1.64. The Morgan fingerprint density at radius 1 is 1.46 bits per heavy atom. The maximum Gasteiger partial charge on any atom is 0.271 e. The summed E-state index contributed by atoms with van der Waals surface area (Å²) in [6.07, 6.45) is 1.93. The van der Waals surface area contributed by atoms with Crippen LogP contribution in [0.15, 0.2) is 30.5 Å². The lowest BCUT2D eigenvalue weighted by Gasteiger charge is -2.13. The van der Waals surface area contributed by atoms with Gasteiger partial charge in [-0.15, -0.1) is 0 Å². The summed E-state index contributed by atoms with van der Waals surface area (Å²) in [7, 11) is 3.31. The monoisotopic (exact) mass is 353 g/mol. The van der Waals surface area contributed by atoms with Gasteiger partial charge in [0.25, 0.3) is 11.8 Å². The normalized spacial score (nSPS) is 19.2. The van der Waals surface area contributed by atoms with Crippen molar-refractivity contribution >= 4 is 17.5 Å². The van der Waals surface area contributed by atoms with Gasteiger partial charge < -0.3 is 21.1 Å². The van der Waals surface area contributed by atoms with Crippen molar-refractivity contribution < 1.29 is 14.7 Å². The number of likely N-dealkylation sites (N-methyl/N-ethyl adjacent to an activating group) is 1. The number of rotatable bonds is 3. The molecule has 2 aromatic rings. The zero-order chi connectivity index (χ0) is 18.9. The molecule has 0 bridgehead atoms. The molecule has 1 aliphatic rings. The van der Waals surface area contributed by atoms with Crippen LogP contribution < -0.4 is 11.1 Å². The van der Waals surface area contributed by atoms with Crippen LogP contribution in [0.5, 0.6) is 0 Å². The van der Waals surface area contributed by atoms with Gasteiger partial charge in [0.2, 0.25) is 5.60 Å². The molecular formula is C18H19N5O3. The molecule has 0 aliphatic carbocycles. The summed E-state index contributed by atoms with van der Waals surface area (Å²) in [5, 5.41) is 17.4. The molecule has 1 fully saturated rings. The fourth-order valence-corrected chi connectivity index (χ4v) is 2.74. The standard InChI is InChI=1S/C18H19N5O3/c1-20-14-11-23(21-15(14)16(19)24)13-5-3-4-12(10-13)6-7-18(26)8-9-22(2)17(18)25/h3-5,10-11,20,26H,8-9H2,1-2H3,(H2,19,24). The highest BCUT2D eigenvalue weighted by Crippen LogP contribution is 2.21. The molecule has 8 nitrogen and oxygen atoms in total. The fraction of sp³-hybridized carbons (Fsp3) is 0.278. The smallest absolute Gasteiger partial charge is 0.271 e. The Morgan fingerprint density at radius 2 is 2.23 bits per heavy atom. The lowest BCUT2D eigenvalue weighted by atomic mass is 10.0. The number of amides is 2. The van der Waals surface area contributed by atoms with Gasteiger partial charge in [-0.05, 0) is 18.2 Å². The molecule has 0 radical (unpaired) electrons. The Kier molecular flexibility index (Phi) is 4.40. The van der Waals surface area contributed by atoms with E-state index in [2.05, 4.69) is 22.3 Å². The highest BCUT2D eigenvalue weighted by molar-refractivity contribution is 5.96. The number of nitrogens with zero attached hydrogens (tertiary/aromatic N) is 3. The third-order valence-electron chi connectivity index (χ3n) is 4.25. The molecule has 1 saturated heterocycles. The Morgan fingerprint density at radius 3 is 2.81 bits per heavy atom. The molecule has 4 N–H and O–H groups in total. The molecule has 0 saturated carbocycles. The zero-order valence-electron chi connectivity index (χ0n) is 14.5. The third-order valence-corrected chi connectivity index (χ3v) is 4.25. The van der Waals surface area contributed by atoms with Gasteiger partial charge in [-0.25, -0.2) is 4.68 Å². The molecule has 8 heteroatoms. The van der Waals surface area contributed by atoms with Crippen molar-refractivity contribution in [1.82, 2.24) is 14.7 Å². The van der Waals surface area contributed by atoms with Crippen LogP contribution >= 0.6 is 0 Å². The predicted octanol–water partition coefficient (Wildman–Crippen LogP) is -0.0424. The van der Waals surface area contributed by atoms with E-state index in [4.69, 9.17) is 5.73 Å². The van der Waals surface area contributed by atoms with Gasteiger partial charge in [0.15, 0.2) is 5.69 Å². The number of aliphatic hydroxyl groups is 1. The van der Waals surface area contributed by atoms with Gasteiger partial charge in [0.1, 0.15) is 0 Å². The van der Waals surface area contributed by atoms with Crippen LogP contribution in [-0.2, 0) is 4.79 Å². The van der Waals surface area contributed by atoms with Crippen LogP contribution in [-0.4, -0.2) is 57.8 Å². The van der Waals surface area contributed by atoms with E-state index in [0.29, 0.717) is 23.5 Å². The van der Waals surface area contributed by atoms with Gasteiger partial charge in [0.05, 0.1) is 17.6 Å². The SMILES string of the molecule is CNc1cn(-c2cccc(C#CC3(O)CCN(C)C3=O)c2)nc1C(N)=O. The van der Waals surface area contributed by atoms with Crippen LogP contribution in [0.1, 0.15) is 22.5 Å². The highest BCUT2D eigenvalue weighted by Gasteiger charge is 2.42. The number of hydrogen-bond donors (Lipinski definition) is 3. The lowest BCUT2D eigenvalue weighted by Crippen LogP contribution is -2.37. The number of likely N-dealkylation sites (tertiary alicyclic amines) is 1. The fourth-order valence-electron chi connectivity index (χ4n) is 2.74. The van der Waals surface area contributed by atoms with Crippen molar-refractivity contribution in [3.8, 4) is 17.5 Å². The molecule has 2 amide bonds. The second-order valence-corrected chi connectivity index (χ2v) is 6.09. The summed E-state index contributed by atoms with van der Waals surface area (Å²) in [5.74, 6) is 4.51. The van der Waals surface area contributed by atoms with Crippen molar-refractivity contribution in [2.24, 2.45) is 5.73 Å². The van der Waals surface area contributed by atoms with Crippen LogP contribution in [0.3, 0.4) is 0 Å². The molecular weight excluding hydrogens is 334 g/mol. The zero-order valence-corrected chi connectivity index (χ0v) is 14.5. The molecule has 2 heterocycles. The number of carbonyl (C=O) groups is 2. The van der Waals surface area contributed by atoms with E-state index in [1.165, 1.54) is 9.58 Å². The van der Waals surface area contributed by atoms with Gasteiger partial charge in [-0.2, -0.15) is 5.10 Å². The molecule has 134 valence electrons. The summed E-state index contributed by atoms with van der Waals surface area (Å²) in [6.45, 7) is 0.472. The average molecular weight is 353 g/mol. The second kappa shape index (κ2) is 6.54. The molecule has 1 aromatic carbocycles. The summed E-state index contributed by atoms with van der Waals surface area (Å²) >= 11 is 0. The number of hydrogen-bond acceptors (Lipinski definition) is 5. The Hall–Kier alpha value is -3.31. The summed E-state index contributed by atoms with van der Waals surface area (Å²) in [6, 6.07) is 7.08.